The van der Waals surface area contributed by atoms with Crippen LogP contribution in [-0.2, 0) is 4.79 Å². The Morgan fingerprint density at radius 3 is 2.44 bits per heavy atom. The van der Waals surface area contributed by atoms with Crippen molar-refractivity contribution in [1.29, 1.82) is 0 Å². The molecule has 0 saturated heterocycles. The highest BCUT2D eigenvalue weighted by Gasteiger charge is 2.21. The highest BCUT2D eigenvalue weighted by Crippen LogP contribution is 2.27. The molecule has 1 atom stereocenters. The minimum Gasteiger partial charge on any atom is -0.353 e. The van der Waals surface area contributed by atoms with Crippen LogP contribution in [0.3, 0.4) is 0 Å². The molecule has 1 unspecified atom stereocenters. The van der Waals surface area contributed by atoms with E-state index < -0.39 is 0 Å². The maximum absolute atomic E-state index is 11.7. The first-order chi connectivity index (χ1) is 8.11. The number of nitrogens with two attached hydrogens (primary N) is 1. The van der Waals surface area contributed by atoms with E-state index in [1.807, 2.05) is 6.92 Å². The predicted molar refractivity (Wildman–Crippen MR) is 78.9 cm³/mol. The van der Waals surface area contributed by atoms with Gasteiger partial charge >= 0.3 is 0 Å². The van der Waals surface area contributed by atoms with E-state index in [1.165, 1.54) is 25.7 Å². The fourth-order valence-electron chi connectivity index (χ4n) is 2.66. The van der Waals surface area contributed by atoms with E-state index in [1.54, 1.807) is 0 Å². The first-order valence-electron chi connectivity index (χ1n) is 7.16. The van der Waals surface area contributed by atoms with Gasteiger partial charge in [0.05, 0.1) is 0 Å². The maximum Gasteiger partial charge on any atom is 0.220 e. The van der Waals surface area contributed by atoms with E-state index in [9.17, 15) is 4.79 Å². The van der Waals surface area contributed by atoms with E-state index in [-0.39, 0.29) is 24.4 Å². The molecule has 1 rings (SSSR count). The molecular weight excluding hydrogens is 248 g/mol. The second-order valence-corrected chi connectivity index (χ2v) is 5.59. The maximum atomic E-state index is 11.7. The van der Waals surface area contributed by atoms with Crippen LogP contribution >= 0.6 is 12.4 Å². The quantitative estimate of drug-likeness (QED) is 0.784. The summed E-state index contributed by atoms with van der Waals surface area (Å²) in [6, 6.07) is 0.546. The lowest BCUT2D eigenvalue weighted by molar-refractivity contribution is -0.122. The van der Waals surface area contributed by atoms with Gasteiger partial charge in [0.1, 0.15) is 0 Å². The lowest BCUT2D eigenvalue weighted by Crippen LogP contribution is -2.38. The van der Waals surface area contributed by atoms with Crippen molar-refractivity contribution in [1.82, 2.24) is 5.32 Å². The minimum absolute atomic E-state index is 0. The largest absolute Gasteiger partial charge is 0.353 e. The topological polar surface area (TPSA) is 55.1 Å². The second-order valence-electron chi connectivity index (χ2n) is 5.59. The van der Waals surface area contributed by atoms with Crippen LogP contribution in [0.4, 0.5) is 0 Å². The van der Waals surface area contributed by atoms with Gasteiger partial charge in [0.25, 0.3) is 0 Å². The fourth-order valence-corrected chi connectivity index (χ4v) is 2.66. The first-order valence-corrected chi connectivity index (χ1v) is 7.16. The number of carbonyl (C=O) groups excluding carboxylic acids is 1. The summed E-state index contributed by atoms with van der Waals surface area (Å²) >= 11 is 0. The second kappa shape index (κ2) is 9.62. The summed E-state index contributed by atoms with van der Waals surface area (Å²) in [5.41, 5.74) is 5.65. The molecule has 1 fully saturated rings. The third kappa shape index (κ3) is 7.22. The Bertz CT molecular complexity index is 226. The fraction of sp³-hybridized carbons (Fsp3) is 0.929. The molecule has 0 spiro atoms. The molecule has 0 aliphatic heterocycles. The molecule has 1 amide bonds. The zero-order valence-corrected chi connectivity index (χ0v) is 12.6. The Balaban J connectivity index is 0.00000289. The van der Waals surface area contributed by atoms with Gasteiger partial charge in [-0.15, -0.1) is 12.4 Å². The molecule has 108 valence electrons. The molecule has 3 N–H and O–H groups in total. The summed E-state index contributed by atoms with van der Waals surface area (Å²) in [6.45, 7) is 4.20. The van der Waals surface area contributed by atoms with Crippen molar-refractivity contribution in [3.8, 4) is 0 Å². The molecule has 1 aliphatic carbocycles. The average molecular weight is 277 g/mol. The molecule has 0 heterocycles. The van der Waals surface area contributed by atoms with E-state index in [0.29, 0.717) is 12.5 Å². The van der Waals surface area contributed by atoms with E-state index >= 15 is 0 Å². The molecule has 1 saturated carbocycles. The number of amides is 1. The van der Waals surface area contributed by atoms with E-state index in [4.69, 9.17) is 5.73 Å². The Morgan fingerprint density at radius 1 is 1.33 bits per heavy atom. The van der Waals surface area contributed by atoms with Crippen molar-refractivity contribution in [3.05, 3.63) is 0 Å². The number of hydrogen-bond acceptors (Lipinski definition) is 2. The number of hydrogen-bond donors (Lipinski definition) is 2. The van der Waals surface area contributed by atoms with Crippen LogP contribution in [0.1, 0.15) is 65.2 Å². The smallest absolute Gasteiger partial charge is 0.220 e. The van der Waals surface area contributed by atoms with Crippen molar-refractivity contribution in [2.75, 3.05) is 0 Å². The van der Waals surface area contributed by atoms with Crippen molar-refractivity contribution >= 4 is 18.3 Å². The van der Waals surface area contributed by atoms with Crippen LogP contribution in [0.5, 0.6) is 0 Å². The zero-order valence-electron chi connectivity index (χ0n) is 11.8. The zero-order chi connectivity index (χ0) is 12.7. The standard InChI is InChI=1S/C14H28N2O.ClH/c1-3-4-12-6-8-13(9-7-12)16-14(17)10-5-11(2)15;/h11-13H,3-10,15H2,1-2H3,(H,16,17);1H. The van der Waals surface area contributed by atoms with Crippen LogP contribution < -0.4 is 11.1 Å². The van der Waals surface area contributed by atoms with Crippen LogP contribution in [0.2, 0.25) is 0 Å². The van der Waals surface area contributed by atoms with Gasteiger partial charge < -0.3 is 11.1 Å². The van der Waals surface area contributed by atoms with Gasteiger partial charge in [-0.05, 0) is 44.9 Å². The SMILES string of the molecule is CCCC1CCC(NC(=O)CCC(C)N)CC1.Cl. The summed E-state index contributed by atoms with van der Waals surface area (Å²) in [5, 5.41) is 3.14. The lowest BCUT2D eigenvalue weighted by atomic mass is 9.83. The highest BCUT2D eigenvalue weighted by molar-refractivity contribution is 5.85. The van der Waals surface area contributed by atoms with Crippen molar-refractivity contribution in [3.63, 3.8) is 0 Å². The number of halogens is 1. The Hall–Kier alpha value is -0.280. The number of rotatable bonds is 6. The number of nitrogens with one attached hydrogen (secondary N) is 1. The Morgan fingerprint density at radius 2 is 1.94 bits per heavy atom. The Labute approximate surface area is 118 Å². The first kappa shape index (κ1) is 17.7. The summed E-state index contributed by atoms with van der Waals surface area (Å²) < 4.78 is 0. The van der Waals surface area contributed by atoms with Crippen molar-refractivity contribution in [2.45, 2.75) is 77.3 Å². The summed E-state index contributed by atoms with van der Waals surface area (Å²) in [6.07, 6.45) is 8.90. The molecule has 3 nitrogen and oxygen atoms in total. The lowest BCUT2D eigenvalue weighted by Gasteiger charge is -2.29. The molecule has 0 bridgehead atoms. The van der Waals surface area contributed by atoms with Gasteiger partial charge in [-0.3, -0.25) is 4.79 Å². The minimum atomic E-state index is 0. The van der Waals surface area contributed by atoms with Gasteiger partial charge in [-0.2, -0.15) is 0 Å². The summed E-state index contributed by atoms with van der Waals surface area (Å²) in [7, 11) is 0. The van der Waals surface area contributed by atoms with Gasteiger partial charge in [0, 0.05) is 18.5 Å². The average Bonchev–Trinajstić information content (AvgIpc) is 2.29. The normalized spacial score (nSPS) is 25.1. The molecule has 0 aromatic heterocycles. The Kier molecular flexibility index (Phi) is 9.47. The molecule has 1 aliphatic rings. The highest BCUT2D eigenvalue weighted by atomic mass is 35.5. The third-order valence-corrected chi connectivity index (χ3v) is 3.74. The summed E-state index contributed by atoms with van der Waals surface area (Å²) in [5.74, 6) is 1.08. The van der Waals surface area contributed by atoms with Crippen LogP contribution in [0, 0.1) is 5.92 Å². The molecule has 0 aromatic rings. The molecule has 4 heteroatoms. The molecule has 0 radical (unpaired) electrons. The number of carbonyl (C=O) groups is 1. The molecule has 0 aromatic carbocycles. The van der Waals surface area contributed by atoms with Gasteiger partial charge in [0.2, 0.25) is 5.91 Å². The monoisotopic (exact) mass is 276 g/mol. The van der Waals surface area contributed by atoms with Crippen LogP contribution in [0.15, 0.2) is 0 Å². The van der Waals surface area contributed by atoms with Crippen molar-refractivity contribution in [2.24, 2.45) is 11.7 Å². The summed E-state index contributed by atoms with van der Waals surface area (Å²) in [4.78, 5) is 11.7. The third-order valence-electron chi connectivity index (χ3n) is 3.74. The van der Waals surface area contributed by atoms with Crippen molar-refractivity contribution < 1.29 is 4.79 Å². The van der Waals surface area contributed by atoms with E-state index in [2.05, 4.69) is 12.2 Å². The van der Waals surface area contributed by atoms with Gasteiger partial charge in [-0.1, -0.05) is 19.8 Å². The van der Waals surface area contributed by atoms with Crippen LogP contribution in [-0.4, -0.2) is 18.0 Å². The van der Waals surface area contributed by atoms with E-state index in [0.717, 1.165) is 25.2 Å². The van der Waals surface area contributed by atoms with Gasteiger partial charge in [0.15, 0.2) is 0 Å². The molecule has 18 heavy (non-hydrogen) atoms. The predicted octanol–water partition coefficient (Wildman–Crippen LogP) is 3.01. The van der Waals surface area contributed by atoms with Crippen LogP contribution in [0.25, 0.3) is 0 Å². The van der Waals surface area contributed by atoms with Gasteiger partial charge in [-0.25, -0.2) is 0 Å². The molecular formula is C14H29ClN2O.